The number of carbonyl (C=O) groups is 3. The van der Waals surface area contributed by atoms with Crippen molar-refractivity contribution in [2.75, 3.05) is 13.1 Å². The van der Waals surface area contributed by atoms with Crippen LogP contribution in [0.4, 0.5) is 0 Å². The van der Waals surface area contributed by atoms with E-state index in [1.165, 1.54) is 5.56 Å². The Bertz CT molecular complexity index is 1040. The summed E-state index contributed by atoms with van der Waals surface area (Å²) in [7, 11) is 0. The van der Waals surface area contributed by atoms with E-state index in [2.05, 4.69) is 37.4 Å². The molecule has 2 fully saturated rings. The number of aryl methyl sites for hydroxylation is 2. The molecule has 2 aromatic carbocycles. The van der Waals surface area contributed by atoms with Crippen LogP contribution in [0.25, 0.3) is 0 Å². The zero-order valence-electron chi connectivity index (χ0n) is 19.8. The van der Waals surface area contributed by atoms with E-state index < -0.39 is 5.91 Å². The van der Waals surface area contributed by atoms with Gasteiger partial charge in [-0.2, -0.15) is 0 Å². The Morgan fingerprint density at radius 2 is 1.70 bits per heavy atom. The molecule has 0 radical (unpaired) electrons. The number of benzene rings is 2. The maximum absolute atomic E-state index is 12.7. The van der Waals surface area contributed by atoms with Crippen molar-refractivity contribution in [3.05, 3.63) is 70.3 Å². The Hall–Kier alpha value is -3.15. The first-order valence-electron chi connectivity index (χ1n) is 11.9. The summed E-state index contributed by atoms with van der Waals surface area (Å²) < 4.78 is 0. The second-order valence-electron chi connectivity index (χ2n) is 9.42. The van der Waals surface area contributed by atoms with Gasteiger partial charge in [0.05, 0.1) is 6.04 Å². The molecule has 0 aromatic heterocycles. The van der Waals surface area contributed by atoms with Gasteiger partial charge in [0.25, 0.3) is 5.91 Å². The predicted octanol–water partition coefficient (Wildman–Crippen LogP) is 3.91. The molecule has 174 valence electrons. The molecular weight excluding hydrogens is 414 g/mol. The number of nitrogens with zero attached hydrogens (tertiary/aromatic N) is 2. The molecule has 1 aliphatic heterocycles. The highest BCUT2D eigenvalue weighted by Gasteiger charge is 2.37. The highest BCUT2D eigenvalue weighted by Crippen LogP contribution is 2.25. The Kier molecular flexibility index (Phi) is 6.82. The average Bonchev–Trinajstić information content (AvgIpc) is 3.32. The largest absolute Gasteiger partial charge is 0.346 e. The topological polar surface area (TPSA) is 69.7 Å². The lowest BCUT2D eigenvalue weighted by Gasteiger charge is -2.37. The van der Waals surface area contributed by atoms with Gasteiger partial charge in [0.2, 0.25) is 0 Å². The highest BCUT2D eigenvalue weighted by molar-refractivity contribution is 6.35. The van der Waals surface area contributed by atoms with Crippen molar-refractivity contribution in [1.29, 1.82) is 0 Å². The molecule has 1 aliphatic carbocycles. The van der Waals surface area contributed by atoms with Gasteiger partial charge in [-0.15, -0.1) is 0 Å². The Balaban J connectivity index is 1.34. The number of carbonyl (C=O) groups excluding carboxylic acids is 3. The molecular formula is C27H33N3O3. The second kappa shape index (κ2) is 9.77. The molecule has 2 aliphatic rings. The third kappa shape index (κ3) is 5.10. The standard InChI is InChI=1S/C27H33N3O3/c1-18-8-13-24(19(2)16-18)20(3)28-25(31)22-11-9-21(10-12-22)17-29-14-15-30(27(33)26(29)32)23-6-4-5-7-23/h8-13,16,20,23H,4-7,14-15,17H2,1-3H3,(H,28,31). The molecule has 1 atom stereocenters. The molecule has 1 saturated carbocycles. The van der Waals surface area contributed by atoms with Crippen LogP contribution in [0.15, 0.2) is 42.5 Å². The molecule has 0 bridgehead atoms. The van der Waals surface area contributed by atoms with Gasteiger partial charge < -0.3 is 15.1 Å². The van der Waals surface area contributed by atoms with Gasteiger partial charge in [0.15, 0.2) is 0 Å². The molecule has 6 nitrogen and oxygen atoms in total. The smallest absolute Gasteiger partial charge is 0.312 e. The fraction of sp³-hybridized carbons (Fsp3) is 0.444. The lowest BCUT2D eigenvalue weighted by Crippen LogP contribution is -2.56. The summed E-state index contributed by atoms with van der Waals surface area (Å²) in [4.78, 5) is 41.4. The lowest BCUT2D eigenvalue weighted by molar-refractivity contribution is -0.158. The number of hydrogen-bond donors (Lipinski definition) is 1. The minimum absolute atomic E-state index is 0.0995. The van der Waals surface area contributed by atoms with Crippen molar-refractivity contribution in [2.45, 2.75) is 65.1 Å². The summed E-state index contributed by atoms with van der Waals surface area (Å²) in [6.45, 7) is 7.63. The predicted molar refractivity (Wildman–Crippen MR) is 128 cm³/mol. The van der Waals surface area contributed by atoms with Crippen molar-refractivity contribution in [3.63, 3.8) is 0 Å². The van der Waals surface area contributed by atoms with Crippen LogP contribution in [0, 0.1) is 13.8 Å². The van der Waals surface area contributed by atoms with E-state index >= 15 is 0 Å². The number of nitrogens with one attached hydrogen (secondary N) is 1. The fourth-order valence-electron chi connectivity index (χ4n) is 5.06. The average molecular weight is 448 g/mol. The van der Waals surface area contributed by atoms with Crippen molar-refractivity contribution in [2.24, 2.45) is 0 Å². The summed E-state index contributed by atoms with van der Waals surface area (Å²) in [5.74, 6) is -0.924. The summed E-state index contributed by atoms with van der Waals surface area (Å²) in [5, 5.41) is 3.06. The molecule has 1 heterocycles. The minimum Gasteiger partial charge on any atom is -0.346 e. The van der Waals surface area contributed by atoms with Crippen LogP contribution in [0.1, 0.15) is 71.3 Å². The lowest BCUT2D eigenvalue weighted by atomic mass is 10.00. The van der Waals surface area contributed by atoms with Crippen LogP contribution in [0.5, 0.6) is 0 Å². The van der Waals surface area contributed by atoms with E-state index in [0.717, 1.165) is 42.4 Å². The fourth-order valence-corrected chi connectivity index (χ4v) is 5.06. The van der Waals surface area contributed by atoms with Crippen LogP contribution in [-0.4, -0.2) is 46.7 Å². The van der Waals surface area contributed by atoms with E-state index in [0.29, 0.717) is 25.2 Å². The first-order valence-corrected chi connectivity index (χ1v) is 11.9. The number of amides is 3. The van der Waals surface area contributed by atoms with E-state index in [1.807, 2.05) is 19.1 Å². The van der Waals surface area contributed by atoms with Gasteiger partial charge in [-0.05, 0) is 62.4 Å². The Morgan fingerprint density at radius 1 is 1.00 bits per heavy atom. The van der Waals surface area contributed by atoms with E-state index in [4.69, 9.17) is 0 Å². The summed E-state index contributed by atoms with van der Waals surface area (Å²) in [6.07, 6.45) is 4.28. The molecule has 1 saturated heterocycles. The molecule has 33 heavy (non-hydrogen) atoms. The van der Waals surface area contributed by atoms with Gasteiger partial charge in [-0.1, -0.05) is 48.7 Å². The molecule has 1 unspecified atom stereocenters. The zero-order valence-corrected chi connectivity index (χ0v) is 19.8. The third-order valence-electron chi connectivity index (χ3n) is 6.94. The molecule has 0 spiro atoms. The quantitative estimate of drug-likeness (QED) is 0.683. The van der Waals surface area contributed by atoms with Gasteiger partial charge in [-0.3, -0.25) is 14.4 Å². The van der Waals surface area contributed by atoms with E-state index in [1.54, 1.807) is 21.9 Å². The van der Waals surface area contributed by atoms with Crippen molar-refractivity contribution in [1.82, 2.24) is 15.1 Å². The van der Waals surface area contributed by atoms with Crippen LogP contribution in [0.3, 0.4) is 0 Å². The summed E-state index contributed by atoms with van der Waals surface area (Å²) in [5.41, 5.74) is 4.94. The van der Waals surface area contributed by atoms with Crippen LogP contribution >= 0.6 is 0 Å². The zero-order chi connectivity index (χ0) is 23.5. The molecule has 1 N–H and O–H groups in total. The van der Waals surface area contributed by atoms with E-state index in [-0.39, 0.29) is 23.9 Å². The maximum Gasteiger partial charge on any atom is 0.312 e. The first-order chi connectivity index (χ1) is 15.8. The van der Waals surface area contributed by atoms with Crippen LogP contribution < -0.4 is 5.32 Å². The van der Waals surface area contributed by atoms with Gasteiger partial charge in [-0.25, -0.2) is 0 Å². The first kappa shape index (κ1) is 23.0. The Morgan fingerprint density at radius 3 is 2.36 bits per heavy atom. The van der Waals surface area contributed by atoms with Gasteiger partial charge in [0.1, 0.15) is 0 Å². The molecule has 3 amide bonds. The summed E-state index contributed by atoms with van der Waals surface area (Å²) >= 11 is 0. The van der Waals surface area contributed by atoms with Crippen LogP contribution in [-0.2, 0) is 16.1 Å². The number of piperazine rings is 1. The maximum atomic E-state index is 12.7. The number of rotatable bonds is 6. The van der Waals surface area contributed by atoms with Gasteiger partial charge >= 0.3 is 11.8 Å². The van der Waals surface area contributed by atoms with Gasteiger partial charge in [0, 0.05) is 31.2 Å². The van der Waals surface area contributed by atoms with Crippen molar-refractivity contribution >= 4 is 17.7 Å². The van der Waals surface area contributed by atoms with Crippen molar-refractivity contribution < 1.29 is 14.4 Å². The monoisotopic (exact) mass is 447 g/mol. The second-order valence-corrected chi connectivity index (χ2v) is 9.42. The Labute approximate surface area is 196 Å². The normalized spacial score (nSPS) is 18.0. The number of hydrogen-bond acceptors (Lipinski definition) is 3. The SMILES string of the molecule is Cc1ccc(C(C)NC(=O)c2ccc(CN3CCN(C4CCCC4)C(=O)C3=O)cc2)c(C)c1. The van der Waals surface area contributed by atoms with Crippen molar-refractivity contribution in [3.8, 4) is 0 Å². The van der Waals surface area contributed by atoms with E-state index in [9.17, 15) is 14.4 Å². The molecule has 2 aromatic rings. The highest BCUT2D eigenvalue weighted by atomic mass is 16.2. The summed E-state index contributed by atoms with van der Waals surface area (Å²) in [6, 6.07) is 13.6. The van der Waals surface area contributed by atoms with Crippen LogP contribution in [0.2, 0.25) is 0 Å². The molecule has 6 heteroatoms. The minimum atomic E-state index is -0.419. The third-order valence-corrected chi connectivity index (χ3v) is 6.94. The molecule has 4 rings (SSSR count).